The third-order valence-electron chi connectivity index (χ3n) is 2.90. The summed E-state index contributed by atoms with van der Waals surface area (Å²) < 4.78 is 51.2. The Morgan fingerprint density at radius 3 is 2.36 bits per heavy atom. The first kappa shape index (κ1) is 19.1. The van der Waals surface area contributed by atoms with Crippen molar-refractivity contribution >= 4 is 17.2 Å². The number of alkyl halides is 3. The van der Waals surface area contributed by atoms with Crippen LogP contribution < -0.4 is 10.0 Å². The summed E-state index contributed by atoms with van der Waals surface area (Å²) >= 11 is -1.24. The zero-order valence-corrected chi connectivity index (χ0v) is 14.2. The third-order valence-corrected chi connectivity index (χ3v) is 4.58. The van der Waals surface area contributed by atoms with E-state index in [1.54, 1.807) is 13.0 Å². The molecule has 1 heterocycles. The van der Waals surface area contributed by atoms with Crippen LogP contribution in [0.3, 0.4) is 0 Å². The van der Waals surface area contributed by atoms with E-state index in [-0.39, 0.29) is 11.9 Å². The van der Waals surface area contributed by atoms with Crippen molar-refractivity contribution in [3.63, 3.8) is 0 Å². The number of hydrogen-bond donors (Lipinski definition) is 2. The summed E-state index contributed by atoms with van der Waals surface area (Å²) in [6, 6.07) is 1.52. The monoisotopic (exact) mass is 337 g/mol. The second-order valence-corrected chi connectivity index (χ2v) is 8.12. The number of nitrogens with zero attached hydrogens (tertiary/aromatic N) is 1. The van der Waals surface area contributed by atoms with E-state index in [2.05, 4.69) is 15.0 Å². The average molecular weight is 337 g/mol. The lowest BCUT2D eigenvalue weighted by Gasteiger charge is -2.26. The number of aromatic nitrogens is 1. The van der Waals surface area contributed by atoms with Gasteiger partial charge in [0, 0.05) is 17.6 Å². The standard InChI is InChI=1S/C14H22F3N3OS/c1-9-6-11(10(2)20-22(21)13(3,4)5)7-18-12(9)19-8-14(15,16)17/h6-7,10,20H,8H2,1-5H3,(H,18,19)/t10-,22-/m1/s1. The topological polar surface area (TPSA) is 60.0 Å². The van der Waals surface area contributed by atoms with Gasteiger partial charge in [-0.3, -0.25) is 0 Å². The van der Waals surface area contributed by atoms with Crippen LogP contribution in [-0.4, -0.2) is 27.0 Å². The van der Waals surface area contributed by atoms with Gasteiger partial charge >= 0.3 is 6.18 Å². The van der Waals surface area contributed by atoms with E-state index < -0.39 is 28.8 Å². The highest BCUT2D eigenvalue weighted by Crippen LogP contribution is 2.23. The highest BCUT2D eigenvalue weighted by molar-refractivity contribution is 7.90. The van der Waals surface area contributed by atoms with Crippen molar-refractivity contribution in [1.82, 2.24) is 9.71 Å². The van der Waals surface area contributed by atoms with Crippen LogP contribution in [-0.2, 0) is 11.4 Å². The van der Waals surface area contributed by atoms with Gasteiger partial charge in [0.05, 0.1) is 6.04 Å². The van der Waals surface area contributed by atoms with E-state index in [0.717, 1.165) is 5.56 Å². The Kier molecular flexibility index (Phi) is 6.11. The number of anilines is 1. The smallest absolute Gasteiger partial charge is 0.405 e. The van der Waals surface area contributed by atoms with Gasteiger partial charge in [-0.05, 0) is 51.8 Å². The number of halogens is 3. The van der Waals surface area contributed by atoms with Crippen LogP contribution in [0.1, 0.15) is 44.9 Å². The van der Waals surface area contributed by atoms with Gasteiger partial charge in [-0.2, -0.15) is 13.2 Å². The van der Waals surface area contributed by atoms with E-state index in [1.807, 2.05) is 27.7 Å². The summed E-state index contributed by atoms with van der Waals surface area (Å²) in [7, 11) is 0. The molecule has 0 radical (unpaired) electrons. The molecule has 0 amide bonds. The van der Waals surface area contributed by atoms with Crippen molar-refractivity contribution in [1.29, 1.82) is 0 Å². The molecule has 0 aliphatic carbocycles. The zero-order chi connectivity index (χ0) is 17.1. The third kappa shape index (κ3) is 6.02. The lowest BCUT2D eigenvalue weighted by molar-refractivity contribution is -0.115. The molecule has 0 bridgehead atoms. The van der Waals surface area contributed by atoms with Crippen molar-refractivity contribution in [2.45, 2.75) is 51.6 Å². The maximum Gasteiger partial charge on any atom is 0.405 e. The first-order valence-corrected chi connectivity index (χ1v) is 8.00. The van der Waals surface area contributed by atoms with Gasteiger partial charge < -0.3 is 9.87 Å². The fourth-order valence-electron chi connectivity index (χ4n) is 1.61. The molecule has 0 saturated heterocycles. The molecular formula is C14H22F3N3OS. The number of hydrogen-bond acceptors (Lipinski definition) is 4. The summed E-state index contributed by atoms with van der Waals surface area (Å²) in [6.45, 7) is 7.97. The molecule has 0 unspecified atom stereocenters. The molecular weight excluding hydrogens is 315 g/mol. The molecule has 2 atom stereocenters. The minimum atomic E-state index is -4.29. The molecule has 0 spiro atoms. The molecule has 1 aromatic rings. The van der Waals surface area contributed by atoms with Gasteiger partial charge in [0.25, 0.3) is 0 Å². The van der Waals surface area contributed by atoms with Gasteiger partial charge in [-0.15, -0.1) is 4.72 Å². The molecule has 0 aliphatic heterocycles. The zero-order valence-electron chi connectivity index (χ0n) is 13.3. The second-order valence-electron chi connectivity index (χ2n) is 6.12. The SMILES string of the molecule is Cc1cc([C@@H](C)N[S@+]([O-])C(C)(C)C)cnc1NCC(F)(F)F. The number of rotatable bonds is 5. The van der Waals surface area contributed by atoms with Gasteiger partial charge in [0.15, 0.2) is 0 Å². The first-order valence-electron chi connectivity index (χ1n) is 6.85. The second kappa shape index (κ2) is 7.06. The van der Waals surface area contributed by atoms with Crippen LogP contribution in [0.4, 0.5) is 19.0 Å². The van der Waals surface area contributed by atoms with E-state index in [0.29, 0.717) is 5.56 Å². The molecule has 0 fully saturated rings. The molecule has 22 heavy (non-hydrogen) atoms. The maximum absolute atomic E-state index is 12.2. The minimum absolute atomic E-state index is 0.199. The van der Waals surface area contributed by atoms with Crippen LogP contribution in [0.2, 0.25) is 0 Å². The fourth-order valence-corrected chi connectivity index (χ4v) is 2.42. The van der Waals surface area contributed by atoms with Crippen molar-refractivity contribution in [2.75, 3.05) is 11.9 Å². The normalized spacial score (nSPS) is 15.5. The van der Waals surface area contributed by atoms with E-state index >= 15 is 0 Å². The maximum atomic E-state index is 12.2. The first-order chi connectivity index (χ1) is 9.90. The summed E-state index contributed by atoms with van der Waals surface area (Å²) in [6.07, 6.45) is -2.80. The van der Waals surface area contributed by atoms with Gasteiger partial charge in [0.2, 0.25) is 0 Å². The summed E-state index contributed by atoms with van der Waals surface area (Å²) in [4.78, 5) is 4.02. The number of aryl methyl sites for hydroxylation is 1. The van der Waals surface area contributed by atoms with Crippen LogP contribution >= 0.6 is 0 Å². The Bertz CT molecular complexity index is 503. The van der Waals surface area contributed by atoms with Gasteiger partial charge in [-0.1, -0.05) is 0 Å². The minimum Gasteiger partial charge on any atom is -0.598 e. The molecule has 4 nitrogen and oxygen atoms in total. The molecule has 2 N–H and O–H groups in total. The number of nitrogens with one attached hydrogen (secondary N) is 2. The molecule has 8 heteroatoms. The van der Waals surface area contributed by atoms with Crippen LogP contribution in [0.25, 0.3) is 0 Å². The molecule has 0 aromatic carbocycles. The highest BCUT2D eigenvalue weighted by atomic mass is 32.2. The Hall–Kier alpha value is -0.990. The quantitative estimate of drug-likeness (QED) is 0.808. The highest BCUT2D eigenvalue weighted by Gasteiger charge is 2.29. The molecule has 1 rings (SSSR count). The van der Waals surface area contributed by atoms with Crippen molar-refractivity contribution in [2.24, 2.45) is 0 Å². The molecule has 0 saturated carbocycles. The van der Waals surface area contributed by atoms with Crippen molar-refractivity contribution in [3.8, 4) is 0 Å². The lowest BCUT2D eigenvalue weighted by atomic mass is 10.1. The van der Waals surface area contributed by atoms with Gasteiger partial charge in [0.1, 0.15) is 17.1 Å². The Morgan fingerprint density at radius 2 is 1.91 bits per heavy atom. The average Bonchev–Trinajstić information content (AvgIpc) is 2.34. The molecule has 0 aliphatic rings. The Balaban J connectivity index is 2.76. The molecule has 126 valence electrons. The summed E-state index contributed by atoms with van der Waals surface area (Å²) in [5.74, 6) is 0.199. The van der Waals surface area contributed by atoms with Crippen molar-refractivity contribution in [3.05, 3.63) is 23.4 Å². The largest absolute Gasteiger partial charge is 0.598 e. The van der Waals surface area contributed by atoms with E-state index in [1.165, 1.54) is 6.20 Å². The summed E-state index contributed by atoms with van der Waals surface area (Å²) in [5, 5.41) is 2.27. The Labute approximate surface area is 132 Å². The van der Waals surface area contributed by atoms with Crippen LogP contribution in [0, 0.1) is 6.92 Å². The molecule has 1 aromatic heterocycles. The Morgan fingerprint density at radius 1 is 1.32 bits per heavy atom. The number of pyridine rings is 1. The van der Waals surface area contributed by atoms with Crippen molar-refractivity contribution < 1.29 is 17.7 Å². The predicted octanol–water partition coefficient (Wildman–Crippen LogP) is 3.48. The van der Waals surface area contributed by atoms with E-state index in [4.69, 9.17) is 0 Å². The van der Waals surface area contributed by atoms with Crippen LogP contribution in [0.5, 0.6) is 0 Å². The summed E-state index contributed by atoms with van der Waals surface area (Å²) in [5.41, 5.74) is 1.38. The van der Waals surface area contributed by atoms with Gasteiger partial charge in [-0.25, -0.2) is 4.98 Å². The van der Waals surface area contributed by atoms with Crippen LogP contribution in [0.15, 0.2) is 12.3 Å². The predicted molar refractivity (Wildman–Crippen MR) is 83.0 cm³/mol. The fraction of sp³-hybridized carbons (Fsp3) is 0.643. The van der Waals surface area contributed by atoms with E-state index in [9.17, 15) is 17.7 Å². The lowest BCUT2D eigenvalue weighted by Crippen LogP contribution is -2.40.